The summed E-state index contributed by atoms with van der Waals surface area (Å²) in [6, 6.07) is 18.6. The molecule has 31 heavy (non-hydrogen) atoms. The molecule has 0 atom stereocenters. The molecule has 0 saturated carbocycles. The number of morpholine rings is 1. The van der Waals surface area contributed by atoms with Gasteiger partial charge in [0.25, 0.3) is 5.91 Å². The van der Waals surface area contributed by atoms with Crippen LogP contribution in [0.3, 0.4) is 0 Å². The minimum atomic E-state index is -0.191. The van der Waals surface area contributed by atoms with E-state index in [4.69, 9.17) is 21.1 Å². The molecule has 0 spiro atoms. The third-order valence-corrected chi connectivity index (χ3v) is 5.29. The number of carbonyl (C=O) groups excluding carboxylic acids is 1. The number of hydrogen-bond donors (Lipinski definition) is 1. The minimum absolute atomic E-state index is 0.191. The van der Waals surface area contributed by atoms with Crippen LogP contribution in [-0.4, -0.2) is 37.2 Å². The highest BCUT2D eigenvalue weighted by Crippen LogP contribution is 2.20. The van der Waals surface area contributed by atoms with Crippen LogP contribution in [0.15, 0.2) is 66.9 Å². The zero-order chi connectivity index (χ0) is 21.5. The molecule has 3 aromatic rings. The fourth-order valence-corrected chi connectivity index (χ4v) is 3.43. The Morgan fingerprint density at radius 3 is 2.52 bits per heavy atom. The van der Waals surface area contributed by atoms with Crippen molar-refractivity contribution in [2.45, 2.75) is 13.2 Å². The Hall–Kier alpha value is -3.09. The normalized spacial score (nSPS) is 13.6. The number of halogens is 1. The van der Waals surface area contributed by atoms with Gasteiger partial charge in [0.15, 0.2) is 0 Å². The van der Waals surface area contributed by atoms with Gasteiger partial charge in [-0.1, -0.05) is 41.9 Å². The van der Waals surface area contributed by atoms with Crippen molar-refractivity contribution in [1.29, 1.82) is 0 Å². The molecular formula is C24H24ClN3O3. The van der Waals surface area contributed by atoms with E-state index >= 15 is 0 Å². The lowest BCUT2D eigenvalue weighted by atomic mass is 10.1. The van der Waals surface area contributed by atoms with Crippen LogP contribution in [-0.2, 0) is 17.9 Å². The Morgan fingerprint density at radius 2 is 1.77 bits per heavy atom. The molecule has 1 aromatic heterocycles. The Labute approximate surface area is 186 Å². The van der Waals surface area contributed by atoms with Gasteiger partial charge in [0, 0.05) is 30.9 Å². The number of aromatic nitrogens is 1. The van der Waals surface area contributed by atoms with E-state index in [-0.39, 0.29) is 5.91 Å². The van der Waals surface area contributed by atoms with Crippen molar-refractivity contribution in [3.8, 4) is 5.75 Å². The van der Waals surface area contributed by atoms with Gasteiger partial charge in [-0.3, -0.25) is 4.79 Å². The molecule has 2 heterocycles. The lowest BCUT2D eigenvalue weighted by Gasteiger charge is -2.27. The topological polar surface area (TPSA) is 63.7 Å². The van der Waals surface area contributed by atoms with Crippen molar-refractivity contribution in [2.75, 3.05) is 31.2 Å². The number of ether oxygens (including phenoxy) is 2. The molecule has 1 amide bonds. The average molecular weight is 438 g/mol. The second-order valence-electron chi connectivity index (χ2n) is 7.22. The first-order valence-electron chi connectivity index (χ1n) is 10.2. The van der Waals surface area contributed by atoms with Crippen LogP contribution < -0.4 is 15.0 Å². The van der Waals surface area contributed by atoms with E-state index in [9.17, 15) is 4.79 Å². The molecule has 1 saturated heterocycles. The van der Waals surface area contributed by atoms with Crippen LogP contribution in [0.1, 0.15) is 21.5 Å². The van der Waals surface area contributed by atoms with Crippen molar-refractivity contribution < 1.29 is 14.3 Å². The van der Waals surface area contributed by atoms with Gasteiger partial charge in [0.2, 0.25) is 0 Å². The molecule has 1 aliphatic heterocycles. The maximum Gasteiger partial charge on any atom is 0.255 e. The van der Waals surface area contributed by atoms with E-state index in [1.54, 1.807) is 18.3 Å². The average Bonchev–Trinajstić information content (AvgIpc) is 2.83. The van der Waals surface area contributed by atoms with Gasteiger partial charge >= 0.3 is 0 Å². The summed E-state index contributed by atoms with van der Waals surface area (Å²) in [7, 11) is 0. The smallest absolute Gasteiger partial charge is 0.255 e. The molecule has 2 aromatic carbocycles. The number of nitrogens with one attached hydrogen (secondary N) is 1. The second-order valence-corrected chi connectivity index (χ2v) is 7.65. The Bertz CT molecular complexity index is 1000. The van der Waals surface area contributed by atoms with E-state index in [0.29, 0.717) is 29.5 Å². The molecule has 0 unspecified atom stereocenters. The van der Waals surface area contributed by atoms with Gasteiger partial charge < -0.3 is 19.7 Å². The van der Waals surface area contributed by atoms with Gasteiger partial charge in [-0.15, -0.1) is 0 Å². The Morgan fingerprint density at radius 1 is 1.03 bits per heavy atom. The summed E-state index contributed by atoms with van der Waals surface area (Å²) in [5.74, 6) is 1.28. The lowest BCUT2D eigenvalue weighted by Crippen LogP contribution is -2.36. The van der Waals surface area contributed by atoms with Gasteiger partial charge in [-0.05, 0) is 41.5 Å². The molecule has 1 N–H and O–H groups in total. The first kappa shape index (κ1) is 21.2. The summed E-state index contributed by atoms with van der Waals surface area (Å²) in [6.45, 7) is 3.87. The van der Waals surface area contributed by atoms with E-state index in [1.807, 2.05) is 48.5 Å². The number of anilines is 1. The zero-order valence-electron chi connectivity index (χ0n) is 17.1. The Kier molecular flexibility index (Phi) is 7.02. The fourth-order valence-electron chi connectivity index (χ4n) is 3.30. The van der Waals surface area contributed by atoms with Crippen LogP contribution in [0.5, 0.6) is 5.75 Å². The van der Waals surface area contributed by atoms with Gasteiger partial charge in [-0.2, -0.15) is 0 Å². The summed E-state index contributed by atoms with van der Waals surface area (Å²) in [5.41, 5.74) is 2.41. The van der Waals surface area contributed by atoms with Gasteiger partial charge in [-0.25, -0.2) is 4.98 Å². The molecule has 0 aliphatic carbocycles. The number of amides is 1. The molecule has 160 valence electrons. The molecular weight excluding hydrogens is 414 g/mol. The minimum Gasteiger partial charge on any atom is -0.488 e. The summed E-state index contributed by atoms with van der Waals surface area (Å²) in [4.78, 5) is 19.5. The number of pyridine rings is 1. The second kappa shape index (κ2) is 10.3. The molecule has 0 radical (unpaired) electrons. The van der Waals surface area contributed by atoms with Crippen LogP contribution in [0.4, 0.5) is 5.82 Å². The summed E-state index contributed by atoms with van der Waals surface area (Å²) >= 11 is 5.92. The zero-order valence-corrected chi connectivity index (χ0v) is 17.8. The molecule has 1 aliphatic rings. The number of benzene rings is 2. The summed E-state index contributed by atoms with van der Waals surface area (Å²) in [5, 5.41) is 3.63. The highest BCUT2D eigenvalue weighted by molar-refractivity contribution is 6.30. The van der Waals surface area contributed by atoms with E-state index in [2.05, 4.69) is 15.2 Å². The van der Waals surface area contributed by atoms with E-state index < -0.39 is 0 Å². The first-order valence-corrected chi connectivity index (χ1v) is 10.6. The van der Waals surface area contributed by atoms with E-state index in [1.165, 1.54) is 0 Å². The number of hydrogen-bond acceptors (Lipinski definition) is 5. The molecule has 7 heteroatoms. The van der Waals surface area contributed by atoms with Crippen molar-refractivity contribution in [1.82, 2.24) is 10.3 Å². The van der Waals surface area contributed by atoms with Crippen molar-refractivity contribution in [2.24, 2.45) is 0 Å². The SMILES string of the molecule is O=C(NCc1ccc(N2CCOCC2)nc1)c1ccccc1OCc1ccc(Cl)cc1. The number of nitrogens with zero attached hydrogens (tertiary/aromatic N) is 2. The molecule has 0 bridgehead atoms. The fraction of sp³-hybridized carbons (Fsp3) is 0.250. The molecule has 6 nitrogen and oxygen atoms in total. The number of rotatable bonds is 7. The van der Waals surface area contributed by atoms with Crippen molar-refractivity contribution in [3.63, 3.8) is 0 Å². The highest BCUT2D eigenvalue weighted by Gasteiger charge is 2.14. The van der Waals surface area contributed by atoms with Gasteiger partial charge in [0.05, 0.1) is 18.8 Å². The van der Waals surface area contributed by atoms with Crippen LogP contribution in [0.2, 0.25) is 5.02 Å². The lowest BCUT2D eigenvalue weighted by molar-refractivity contribution is 0.0946. The quantitative estimate of drug-likeness (QED) is 0.603. The predicted octanol–water partition coefficient (Wildman–Crippen LogP) is 4.08. The molecule has 4 rings (SSSR count). The van der Waals surface area contributed by atoms with Crippen molar-refractivity contribution in [3.05, 3.63) is 88.6 Å². The third kappa shape index (κ3) is 5.75. The van der Waals surface area contributed by atoms with Crippen LogP contribution in [0.25, 0.3) is 0 Å². The highest BCUT2D eigenvalue weighted by atomic mass is 35.5. The van der Waals surface area contributed by atoms with Crippen LogP contribution in [0, 0.1) is 0 Å². The third-order valence-electron chi connectivity index (χ3n) is 5.04. The molecule has 1 fully saturated rings. The maximum absolute atomic E-state index is 12.8. The van der Waals surface area contributed by atoms with Gasteiger partial charge in [0.1, 0.15) is 18.2 Å². The predicted molar refractivity (Wildman–Crippen MR) is 121 cm³/mol. The van der Waals surface area contributed by atoms with Crippen molar-refractivity contribution >= 4 is 23.3 Å². The largest absolute Gasteiger partial charge is 0.488 e. The van der Waals surface area contributed by atoms with Crippen LogP contribution >= 0.6 is 11.6 Å². The number of carbonyl (C=O) groups is 1. The maximum atomic E-state index is 12.8. The Balaban J connectivity index is 1.34. The van der Waals surface area contributed by atoms with E-state index in [0.717, 1.165) is 43.2 Å². The monoisotopic (exact) mass is 437 g/mol. The summed E-state index contributed by atoms with van der Waals surface area (Å²) < 4.78 is 11.3. The summed E-state index contributed by atoms with van der Waals surface area (Å²) in [6.07, 6.45) is 1.80. The standard InChI is InChI=1S/C24H24ClN3O3/c25-20-8-5-18(6-9-20)17-31-22-4-2-1-3-21(22)24(29)27-16-19-7-10-23(26-15-19)28-11-13-30-14-12-28/h1-10,15H,11-14,16-17H2,(H,27,29). The number of para-hydroxylation sites is 1. The first-order chi connectivity index (χ1) is 15.2.